The number of fused-ring (bicyclic) bond motifs is 1. The molecule has 0 bridgehead atoms. The molecule has 3 saturated heterocycles. The molecular weight excluding hydrogens is 485 g/mol. The van der Waals surface area contributed by atoms with Crippen molar-refractivity contribution in [2.45, 2.75) is 63.3 Å². The largest absolute Gasteiger partial charge is 0.370 e. The molecule has 4 aliphatic rings. The van der Waals surface area contributed by atoms with Crippen LogP contribution in [0.5, 0.6) is 0 Å². The second kappa shape index (κ2) is 9.72. The number of anilines is 1. The normalized spacial score (nSPS) is 30.7. The predicted octanol–water partition coefficient (Wildman–Crippen LogP) is 3.83. The number of hydrazine groups is 1. The topological polar surface area (TPSA) is 87.2 Å². The van der Waals surface area contributed by atoms with Crippen LogP contribution in [0, 0.1) is 11.3 Å². The molecule has 0 amide bonds. The number of nitrogens with zero attached hydrogens (tertiary/aromatic N) is 4. The Hall–Kier alpha value is -1.55. The second-order valence-electron chi connectivity index (χ2n) is 10.7. The molecular formula is C25H33Cl2N7O. The van der Waals surface area contributed by atoms with E-state index >= 15 is 0 Å². The third-order valence-corrected chi connectivity index (χ3v) is 8.91. The summed E-state index contributed by atoms with van der Waals surface area (Å²) in [4.78, 5) is 15.9. The lowest BCUT2D eigenvalue weighted by molar-refractivity contribution is -0.0370. The summed E-state index contributed by atoms with van der Waals surface area (Å²) in [5.74, 6) is 1.25. The number of piperidine rings is 1. The summed E-state index contributed by atoms with van der Waals surface area (Å²) < 4.78 is 6.46. The van der Waals surface area contributed by atoms with Crippen molar-refractivity contribution in [1.29, 1.82) is 0 Å². The zero-order valence-electron chi connectivity index (χ0n) is 20.0. The third kappa shape index (κ3) is 4.65. The number of halogens is 2. The summed E-state index contributed by atoms with van der Waals surface area (Å²) in [6, 6.07) is 0.575. The first-order valence-electron chi connectivity index (χ1n) is 12.7. The van der Waals surface area contributed by atoms with Gasteiger partial charge in [-0.25, -0.2) is 15.4 Å². The van der Waals surface area contributed by atoms with Gasteiger partial charge >= 0.3 is 0 Å². The Morgan fingerprint density at radius 2 is 1.86 bits per heavy atom. The summed E-state index contributed by atoms with van der Waals surface area (Å²) in [5, 5.41) is 4.64. The fourth-order valence-electron chi connectivity index (χ4n) is 6.50. The van der Waals surface area contributed by atoms with Gasteiger partial charge in [0.25, 0.3) is 0 Å². The minimum atomic E-state index is -0.192. The van der Waals surface area contributed by atoms with Gasteiger partial charge in [0.2, 0.25) is 5.95 Å². The van der Waals surface area contributed by atoms with Crippen molar-refractivity contribution in [3.05, 3.63) is 46.0 Å². The van der Waals surface area contributed by atoms with Gasteiger partial charge in [0.15, 0.2) is 0 Å². The standard InChI is InChI=1S/C25H33Cl2N7O/c1-15(22-19(26)10-29-11-20(22)27)35-17-3-4-21-18(7-17)23(33-32-21)16-8-30-24(31-9-16)34-13-25(14-34)5-2-6-28-12-25/h8-11,15,17-18,21,23,28,32-33H,2-7,12-14H2,1H3/t15-,17?,18?,21?,23?/m1/s1. The summed E-state index contributed by atoms with van der Waals surface area (Å²) >= 11 is 12.7. The van der Waals surface area contributed by atoms with Crippen molar-refractivity contribution >= 4 is 29.2 Å². The van der Waals surface area contributed by atoms with Crippen LogP contribution in [0.4, 0.5) is 5.95 Å². The Bertz CT molecular complexity index is 1020. The van der Waals surface area contributed by atoms with E-state index in [1.54, 1.807) is 12.4 Å². The summed E-state index contributed by atoms with van der Waals surface area (Å²) in [7, 11) is 0. The SMILES string of the molecule is C[C@@H](OC1CCC2NNC(c3cnc(N4CC5(CCCNC5)C4)nc3)C2C1)c1c(Cl)cncc1Cl. The number of aromatic nitrogens is 3. The molecule has 1 spiro atoms. The van der Waals surface area contributed by atoms with Gasteiger partial charge in [-0.2, -0.15) is 0 Å². The van der Waals surface area contributed by atoms with E-state index in [2.05, 4.69) is 26.1 Å². The summed E-state index contributed by atoms with van der Waals surface area (Å²) in [5.41, 5.74) is 9.36. The molecule has 4 fully saturated rings. The quantitative estimate of drug-likeness (QED) is 0.551. The molecule has 3 aliphatic heterocycles. The maximum absolute atomic E-state index is 6.46. The van der Waals surface area contributed by atoms with E-state index in [-0.39, 0.29) is 18.2 Å². The maximum Gasteiger partial charge on any atom is 0.225 e. The van der Waals surface area contributed by atoms with Crippen LogP contribution < -0.4 is 21.1 Å². The first-order valence-corrected chi connectivity index (χ1v) is 13.5. The van der Waals surface area contributed by atoms with Crippen molar-refractivity contribution in [1.82, 2.24) is 31.1 Å². The van der Waals surface area contributed by atoms with Crippen LogP contribution in [0.1, 0.15) is 62.3 Å². The van der Waals surface area contributed by atoms with Crippen molar-refractivity contribution in [3.8, 4) is 0 Å². The van der Waals surface area contributed by atoms with Gasteiger partial charge in [0.1, 0.15) is 0 Å². The zero-order chi connectivity index (χ0) is 24.0. The van der Waals surface area contributed by atoms with Crippen molar-refractivity contribution in [2.24, 2.45) is 11.3 Å². The molecule has 10 heteroatoms. The summed E-state index contributed by atoms with van der Waals surface area (Å²) in [6.07, 6.45) is 12.7. The monoisotopic (exact) mass is 517 g/mol. The fourth-order valence-corrected chi connectivity index (χ4v) is 7.17. The van der Waals surface area contributed by atoms with Gasteiger partial charge < -0.3 is 15.0 Å². The van der Waals surface area contributed by atoms with E-state index in [0.717, 1.165) is 62.5 Å². The van der Waals surface area contributed by atoms with E-state index in [1.165, 1.54) is 12.8 Å². The molecule has 2 aromatic rings. The minimum absolute atomic E-state index is 0.136. The molecule has 4 unspecified atom stereocenters. The van der Waals surface area contributed by atoms with Crippen molar-refractivity contribution in [2.75, 3.05) is 31.1 Å². The Labute approximate surface area is 216 Å². The van der Waals surface area contributed by atoms with Gasteiger partial charge in [-0.05, 0) is 51.5 Å². The first kappa shape index (κ1) is 23.8. The second-order valence-corrected chi connectivity index (χ2v) is 11.5. The van der Waals surface area contributed by atoms with E-state index in [0.29, 0.717) is 27.4 Å². The molecule has 6 rings (SSSR count). The molecule has 0 radical (unpaired) electrons. The zero-order valence-corrected chi connectivity index (χ0v) is 21.5. The van der Waals surface area contributed by atoms with Gasteiger partial charge in [-0.15, -0.1) is 0 Å². The van der Waals surface area contributed by atoms with Crippen LogP contribution in [0.25, 0.3) is 0 Å². The number of pyridine rings is 1. The molecule has 1 aliphatic carbocycles. The molecule has 2 aromatic heterocycles. The number of hydrogen-bond acceptors (Lipinski definition) is 8. The van der Waals surface area contributed by atoms with Gasteiger partial charge in [0, 0.05) is 67.0 Å². The van der Waals surface area contributed by atoms with Crippen molar-refractivity contribution in [3.63, 3.8) is 0 Å². The Morgan fingerprint density at radius 1 is 1.09 bits per heavy atom. The average molecular weight is 518 g/mol. The van der Waals surface area contributed by atoms with Crippen LogP contribution in [0.15, 0.2) is 24.8 Å². The number of ether oxygens (including phenoxy) is 1. The molecule has 3 N–H and O–H groups in total. The first-order chi connectivity index (χ1) is 17.0. The Morgan fingerprint density at radius 3 is 2.57 bits per heavy atom. The third-order valence-electron chi connectivity index (χ3n) is 8.31. The Kier molecular flexibility index (Phi) is 6.62. The van der Waals surface area contributed by atoms with Crippen LogP contribution >= 0.6 is 23.2 Å². The number of hydrogen-bond donors (Lipinski definition) is 3. The number of nitrogens with one attached hydrogen (secondary N) is 3. The van der Waals surface area contributed by atoms with Crippen LogP contribution in [0.2, 0.25) is 10.0 Å². The van der Waals surface area contributed by atoms with E-state index in [4.69, 9.17) is 37.9 Å². The Balaban J connectivity index is 1.09. The van der Waals surface area contributed by atoms with E-state index < -0.39 is 0 Å². The highest BCUT2D eigenvalue weighted by Crippen LogP contribution is 2.42. The molecule has 8 nitrogen and oxygen atoms in total. The van der Waals surface area contributed by atoms with Gasteiger partial charge in [-0.1, -0.05) is 23.2 Å². The lowest BCUT2D eigenvalue weighted by atomic mass is 9.74. The van der Waals surface area contributed by atoms with Gasteiger partial charge in [-0.3, -0.25) is 10.4 Å². The van der Waals surface area contributed by atoms with Crippen LogP contribution in [0.3, 0.4) is 0 Å². The molecule has 35 heavy (non-hydrogen) atoms. The highest BCUT2D eigenvalue weighted by Gasteiger charge is 2.45. The fraction of sp³-hybridized carbons (Fsp3) is 0.640. The molecule has 5 heterocycles. The molecule has 188 valence electrons. The van der Waals surface area contributed by atoms with E-state index in [1.807, 2.05) is 19.3 Å². The van der Waals surface area contributed by atoms with Crippen LogP contribution in [-0.4, -0.2) is 53.3 Å². The van der Waals surface area contributed by atoms with Crippen LogP contribution in [-0.2, 0) is 4.74 Å². The maximum atomic E-state index is 6.46. The molecule has 5 atom stereocenters. The smallest absolute Gasteiger partial charge is 0.225 e. The molecule has 0 aromatic carbocycles. The highest BCUT2D eigenvalue weighted by molar-refractivity contribution is 6.35. The molecule has 1 saturated carbocycles. The van der Waals surface area contributed by atoms with E-state index in [9.17, 15) is 0 Å². The number of rotatable bonds is 5. The van der Waals surface area contributed by atoms with Crippen molar-refractivity contribution < 1.29 is 4.74 Å². The predicted molar refractivity (Wildman–Crippen MR) is 136 cm³/mol. The van der Waals surface area contributed by atoms with Gasteiger partial charge in [0.05, 0.1) is 28.3 Å². The lowest BCUT2D eigenvalue weighted by Gasteiger charge is -2.52. The minimum Gasteiger partial charge on any atom is -0.370 e. The lowest BCUT2D eigenvalue weighted by Crippen LogP contribution is -2.62. The average Bonchev–Trinajstić information content (AvgIpc) is 3.26. The highest BCUT2D eigenvalue weighted by atomic mass is 35.5. The summed E-state index contributed by atoms with van der Waals surface area (Å²) in [6.45, 7) is 6.38.